The highest BCUT2D eigenvalue weighted by molar-refractivity contribution is 6.32. The first-order valence-corrected chi connectivity index (χ1v) is 6.83. The third-order valence-corrected chi connectivity index (χ3v) is 3.38. The van der Waals surface area contributed by atoms with Crippen LogP contribution >= 0.6 is 11.6 Å². The maximum atomic E-state index is 13.7. The molecule has 3 nitrogen and oxygen atoms in total. The van der Waals surface area contributed by atoms with E-state index in [0.717, 1.165) is 11.1 Å². The lowest BCUT2D eigenvalue weighted by atomic mass is 10.1. The zero-order valence-corrected chi connectivity index (χ0v) is 12.9. The van der Waals surface area contributed by atoms with Gasteiger partial charge in [-0.05, 0) is 42.3 Å². The number of ether oxygens (including phenoxy) is 2. The Kier molecular flexibility index (Phi) is 4.91. The molecule has 112 valence electrons. The SMILES string of the molecule is COc1cc(CNc2cc(C)ccc2F)cc(Cl)c1OC. The summed E-state index contributed by atoms with van der Waals surface area (Å²) in [4.78, 5) is 0. The minimum Gasteiger partial charge on any atom is -0.493 e. The maximum absolute atomic E-state index is 13.7. The van der Waals surface area contributed by atoms with Crippen molar-refractivity contribution in [3.63, 3.8) is 0 Å². The van der Waals surface area contributed by atoms with E-state index >= 15 is 0 Å². The Labute approximate surface area is 128 Å². The van der Waals surface area contributed by atoms with Gasteiger partial charge in [-0.25, -0.2) is 4.39 Å². The molecule has 0 saturated heterocycles. The van der Waals surface area contributed by atoms with Gasteiger partial charge in [0.15, 0.2) is 11.5 Å². The van der Waals surface area contributed by atoms with Crippen LogP contribution < -0.4 is 14.8 Å². The summed E-state index contributed by atoms with van der Waals surface area (Å²) < 4.78 is 24.1. The molecule has 0 aromatic heterocycles. The Morgan fingerprint density at radius 1 is 1.14 bits per heavy atom. The van der Waals surface area contributed by atoms with E-state index in [2.05, 4.69) is 5.32 Å². The number of aryl methyl sites for hydroxylation is 1. The van der Waals surface area contributed by atoms with E-state index in [9.17, 15) is 4.39 Å². The third kappa shape index (κ3) is 3.58. The second-order valence-corrected chi connectivity index (χ2v) is 5.06. The highest BCUT2D eigenvalue weighted by Gasteiger charge is 2.11. The summed E-state index contributed by atoms with van der Waals surface area (Å²) in [6.07, 6.45) is 0. The van der Waals surface area contributed by atoms with Crippen molar-refractivity contribution in [2.45, 2.75) is 13.5 Å². The van der Waals surface area contributed by atoms with Crippen LogP contribution in [-0.2, 0) is 6.54 Å². The van der Waals surface area contributed by atoms with Crippen LogP contribution in [0.15, 0.2) is 30.3 Å². The van der Waals surface area contributed by atoms with Crippen LogP contribution in [0.1, 0.15) is 11.1 Å². The molecule has 0 heterocycles. The number of methoxy groups -OCH3 is 2. The van der Waals surface area contributed by atoms with Gasteiger partial charge in [0.1, 0.15) is 5.82 Å². The zero-order chi connectivity index (χ0) is 15.4. The van der Waals surface area contributed by atoms with E-state index in [1.54, 1.807) is 25.3 Å². The van der Waals surface area contributed by atoms with E-state index in [4.69, 9.17) is 21.1 Å². The first kappa shape index (κ1) is 15.4. The van der Waals surface area contributed by atoms with Gasteiger partial charge in [0, 0.05) is 6.54 Å². The quantitative estimate of drug-likeness (QED) is 0.887. The van der Waals surface area contributed by atoms with Gasteiger partial charge in [0.05, 0.1) is 24.9 Å². The van der Waals surface area contributed by atoms with Gasteiger partial charge in [-0.15, -0.1) is 0 Å². The molecule has 0 unspecified atom stereocenters. The average molecular weight is 310 g/mol. The topological polar surface area (TPSA) is 30.5 Å². The highest BCUT2D eigenvalue weighted by atomic mass is 35.5. The maximum Gasteiger partial charge on any atom is 0.179 e. The van der Waals surface area contributed by atoms with Crippen LogP contribution in [0.5, 0.6) is 11.5 Å². The van der Waals surface area contributed by atoms with E-state index in [1.807, 2.05) is 13.0 Å². The zero-order valence-electron chi connectivity index (χ0n) is 12.2. The summed E-state index contributed by atoms with van der Waals surface area (Å²) in [5.41, 5.74) is 2.32. The molecule has 0 saturated carbocycles. The number of rotatable bonds is 5. The Morgan fingerprint density at radius 2 is 1.90 bits per heavy atom. The van der Waals surface area contributed by atoms with Crippen molar-refractivity contribution in [3.8, 4) is 11.5 Å². The molecule has 0 fully saturated rings. The fourth-order valence-electron chi connectivity index (χ4n) is 2.05. The van der Waals surface area contributed by atoms with Gasteiger partial charge in [-0.1, -0.05) is 17.7 Å². The molecular weight excluding hydrogens is 293 g/mol. The molecule has 2 aromatic carbocycles. The molecule has 0 amide bonds. The molecule has 2 aromatic rings. The molecule has 5 heteroatoms. The van der Waals surface area contributed by atoms with Gasteiger partial charge in [-0.3, -0.25) is 0 Å². The predicted octanol–water partition coefficient (Wildman–Crippen LogP) is 4.42. The Hall–Kier alpha value is -1.94. The molecule has 0 atom stereocenters. The summed E-state index contributed by atoms with van der Waals surface area (Å²) in [6.45, 7) is 2.35. The lowest BCUT2D eigenvalue weighted by Gasteiger charge is -2.13. The number of halogens is 2. The number of anilines is 1. The van der Waals surface area contributed by atoms with Crippen LogP contribution in [0.25, 0.3) is 0 Å². The average Bonchev–Trinajstić information content (AvgIpc) is 2.47. The number of hydrogen-bond acceptors (Lipinski definition) is 3. The fourth-order valence-corrected chi connectivity index (χ4v) is 2.36. The van der Waals surface area contributed by atoms with E-state index in [0.29, 0.717) is 28.8 Å². The van der Waals surface area contributed by atoms with Crippen molar-refractivity contribution in [2.75, 3.05) is 19.5 Å². The summed E-state index contributed by atoms with van der Waals surface area (Å²) >= 11 is 6.14. The largest absolute Gasteiger partial charge is 0.493 e. The lowest BCUT2D eigenvalue weighted by Crippen LogP contribution is -2.03. The summed E-state index contributed by atoms with van der Waals surface area (Å²) in [5, 5.41) is 3.51. The van der Waals surface area contributed by atoms with Gasteiger partial charge >= 0.3 is 0 Å². The van der Waals surface area contributed by atoms with E-state index in [-0.39, 0.29) is 5.82 Å². The van der Waals surface area contributed by atoms with Crippen molar-refractivity contribution >= 4 is 17.3 Å². The first-order chi connectivity index (χ1) is 10.0. The second-order valence-electron chi connectivity index (χ2n) is 4.65. The van der Waals surface area contributed by atoms with Crippen molar-refractivity contribution < 1.29 is 13.9 Å². The summed E-state index contributed by atoms with van der Waals surface area (Å²) in [7, 11) is 3.08. The van der Waals surface area contributed by atoms with Crippen molar-refractivity contribution in [3.05, 3.63) is 52.3 Å². The molecule has 0 aliphatic carbocycles. The third-order valence-electron chi connectivity index (χ3n) is 3.10. The van der Waals surface area contributed by atoms with Gasteiger partial charge in [0.25, 0.3) is 0 Å². The van der Waals surface area contributed by atoms with E-state index in [1.165, 1.54) is 13.2 Å². The Balaban J connectivity index is 2.20. The van der Waals surface area contributed by atoms with Crippen molar-refractivity contribution in [1.29, 1.82) is 0 Å². The first-order valence-electron chi connectivity index (χ1n) is 6.45. The fraction of sp³-hybridized carbons (Fsp3) is 0.250. The number of nitrogens with one attached hydrogen (secondary N) is 1. The van der Waals surface area contributed by atoms with Gasteiger partial charge < -0.3 is 14.8 Å². The second kappa shape index (κ2) is 6.68. The Bertz CT molecular complexity index is 646. The van der Waals surface area contributed by atoms with Gasteiger partial charge in [-0.2, -0.15) is 0 Å². The molecule has 21 heavy (non-hydrogen) atoms. The van der Waals surface area contributed by atoms with E-state index < -0.39 is 0 Å². The van der Waals surface area contributed by atoms with Crippen LogP contribution in [0, 0.1) is 12.7 Å². The molecular formula is C16H17ClFNO2. The normalized spacial score (nSPS) is 10.3. The summed E-state index contributed by atoms with van der Waals surface area (Å²) in [6, 6.07) is 8.51. The molecule has 0 radical (unpaired) electrons. The van der Waals surface area contributed by atoms with Crippen LogP contribution in [0.3, 0.4) is 0 Å². The van der Waals surface area contributed by atoms with Crippen LogP contribution in [0.2, 0.25) is 5.02 Å². The van der Waals surface area contributed by atoms with Crippen molar-refractivity contribution in [2.24, 2.45) is 0 Å². The predicted molar refractivity (Wildman–Crippen MR) is 83.0 cm³/mol. The van der Waals surface area contributed by atoms with Crippen molar-refractivity contribution in [1.82, 2.24) is 0 Å². The minimum absolute atomic E-state index is 0.285. The van der Waals surface area contributed by atoms with Crippen LogP contribution in [-0.4, -0.2) is 14.2 Å². The minimum atomic E-state index is -0.285. The summed E-state index contributed by atoms with van der Waals surface area (Å²) in [5.74, 6) is 0.753. The van der Waals surface area contributed by atoms with Gasteiger partial charge in [0.2, 0.25) is 0 Å². The standard InChI is InChI=1S/C16H17ClFNO2/c1-10-4-5-13(18)14(6-10)19-9-11-7-12(17)16(21-3)15(8-11)20-2/h4-8,19H,9H2,1-3H3. The molecule has 0 bridgehead atoms. The van der Waals surface area contributed by atoms with Crippen LogP contribution in [0.4, 0.5) is 10.1 Å². The monoisotopic (exact) mass is 309 g/mol. The molecule has 1 N–H and O–H groups in total. The molecule has 0 spiro atoms. The highest BCUT2D eigenvalue weighted by Crippen LogP contribution is 2.36. The molecule has 2 rings (SSSR count). The number of benzene rings is 2. The Morgan fingerprint density at radius 3 is 2.57 bits per heavy atom. The lowest BCUT2D eigenvalue weighted by molar-refractivity contribution is 0.355. The number of hydrogen-bond donors (Lipinski definition) is 1. The molecule has 0 aliphatic rings. The smallest absolute Gasteiger partial charge is 0.179 e. The molecule has 0 aliphatic heterocycles.